The number of piperidine rings is 1. The number of hydrogen-bond acceptors (Lipinski definition) is 5. The molecule has 1 aliphatic heterocycles. The van der Waals surface area contributed by atoms with Crippen LogP contribution in [0, 0.1) is 0 Å². The molecule has 0 radical (unpaired) electrons. The second-order valence-electron chi connectivity index (χ2n) is 6.43. The lowest BCUT2D eigenvalue weighted by Crippen LogP contribution is -2.33. The summed E-state index contributed by atoms with van der Waals surface area (Å²) in [6.45, 7) is 1.98. The highest BCUT2D eigenvalue weighted by molar-refractivity contribution is 5.59. The number of para-hydroxylation sites is 1. The van der Waals surface area contributed by atoms with Crippen LogP contribution in [0.25, 0.3) is 0 Å². The monoisotopic (exact) mass is 334 g/mol. The topological polar surface area (TPSA) is 58.9 Å². The highest BCUT2D eigenvalue weighted by Gasteiger charge is 2.23. The number of nitrogens with zero attached hydrogens (tertiary/aromatic N) is 5. The smallest absolute Gasteiger partial charge is 0.135 e. The molecule has 1 aliphatic rings. The normalized spacial score (nSPS) is 15.3. The van der Waals surface area contributed by atoms with Crippen molar-refractivity contribution in [2.75, 3.05) is 23.3 Å². The molecule has 0 spiro atoms. The molecule has 1 aromatic carbocycles. The Morgan fingerprint density at radius 2 is 1.84 bits per heavy atom. The molecular weight excluding hydrogens is 312 g/mol. The van der Waals surface area contributed by atoms with E-state index in [2.05, 4.69) is 31.3 Å². The van der Waals surface area contributed by atoms with Crippen LogP contribution in [0.4, 0.5) is 17.3 Å². The fourth-order valence-electron chi connectivity index (χ4n) is 3.31. The number of aromatic nitrogens is 4. The number of rotatable bonds is 4. The van der Waals surface area contributed by atoms with E-state index in [9.17, 15) is 0 Å². The molecule has 1 fully saturated rings. The van der Waals surface area contributed by atoms with E-state index >= 15 is 0 Å². The van der Waals surface area contributed by atoms with E-state index in [0.29, 0.717) is 5.92 Å². The molecule has 0 unspecified atom stereocenters. The zero-order valence-electron chi connectivity index (χ0n) is 14.3. The van der Waals surface area contributed by atoms with Gasteiger partial charge in [0.25, 0.3) is 0 Å². The number of hydrogen-bond donors (Lipinski definition) is 1. The Balaban J connectivity index is 1.42. The standard InChI is InChI=1S/C19H22N6/c1-24-10-9-17(23-24)15-7-11-25(12-8-15)19-13-18(20-14-21-19)22-16-5-3-2-4-6-16/h2-6,9-10,13-15H,7-8,11-12H2,1H3,(H,20,21,22). The van der Waals surface area contributed by atoms with Crippen molar-refractivity contribution in [3.8, 4) is 0 Å². The summed E-state index contributed by atoms with van der Waals surface area (Å²) in [7, 11) is 1.97. The molecular formula is C19H22N6. The van der Waals surface area contributed by atoms with E-state index < -0.39 is 0 Å². The van der Waals surface area contributed by atoms with E-state index in [4.69, 9.17) is 0 Å². The SMILES string of the molecule is Cn1ccc(C2CCN(c3cc(Nc4ccccc4)ncn3)CC2)n1. The van der Waals surface area contributed by atoms with Gasteiger partial charge < -0.3 is 10.2 Å². The molecule has 0 saturated carbocycles. The van der Waals surface area contributed by atoms with Gasteiger partial charge in [-0.15, -0.1) is 0 Å². The minimum atomic E-state index is 0.543. The molecule has 6 nitrogen and oxygen atoms in total. The average Bonchev–Trinajstić information content (AvgIpc) is 3.09. The summed E-state index contributed by atoms with van der Waals surface area (Å²) in [5.74, 6) is 2.34. The van der Waals surface area contributed by atoms with E-state index in [-0.39, 0.29) is 0 Å². The van der Waals surface area contributed by atoms with Gasteiger partial charge in [-0.1, -0.05) is 18.2 Å². The fraction of sp³-hybridized carbons (Fsp3) is 0.316. The maximum Gasteiger partial charge on any atom is 0.135 e. The van der Waals surface area contributed by atoms with Crippen LogP contribution in [0.3, 0.4) is 0 Å². The van der Waals surface area contributed by atoms with Crippen LogP contribution in [-0.4, -0.2) is 32.8 Å². The predicted octanol–water partition coefficient (Wildman–Crippen LogP) is 3.34. The number of aryl methyl sites for hydroxylation is 1. The molecule has 0 amide bonds. The maximum absolute atomic E-state index is 4.56. The van der Waals surface area contributed by atoms with Gasteiger partial charge in [0.1, 0.15) is 18.0 Å². The molecule has 3 aromatic rings. The first kappa shape index (κ1) is 15.6. The molecule has 6 heteroatoms. The first-order valence-electron chi connectivity index (χ1n) is 8.66. The number of nitrogens with one attached hydrogen (secondary N) is 1. The van der Waals surface area contributed by atoms with Crippen LogP contribution in [0.15, 0.2) is 55.0 Å². The van der Waals surface area contributed by atoms with Gasteiger partial charge in [0.15, 0.2) is 0 Å². The fourth-order valence-corrected chi connectivity index (χ4v) is 3.31. The minimum Gasteiger partial charge on any atom is -0.356 e. The number of benzene rings is 1. The van der Waals surface area contributed by atoms with E-state index in [1.54, 1.807) is 6.33 Å². The third-order valence-corrected chi connectivity index (χ3v) is 4.67. The zero-order chi connectivity index (χ0) is 17.1. The third kappa shape index (κ3) is 3.63. The lowest BCUT2D eigenvalue weighted by atomic mass is 9.94. The van der Waals surface area contributed by atoms with Crippen molar-refractivity contribution in [2.45, 2.75) is 18.8 Å². The van der Waals surface area contributed by atoms with Crippen LogP contribution in [0.1, 0.15) is 24.5 Å². The summed E-state index contributed by atoms with van der Waals surface area (Å²) in [6, 6.07) is 14.2. The Morgan fingerprint density at radius 1 is 1.04 bits per heavy atom. The van der Waals surface area contributed by atoms with Gasteiger partial charge in [0, 0.05) is 44.0 Å². The van der Waals surface area contributed by atoms with Crippen LogP contribution < -0.4 is 10.2 Å². The van der Waals surface area contributed by atoms with Crippen molar-refractivity contribution in [2.24, 2.45) is 7.05 Å². The highest BCUT2D eigenvalue weighted by Crippen LogP contribution is 2.29. The molecule has 1 N–H and O–H groups in total. The Labute approximate surface area is 147 Å². The largest absolute Gasteiger partial charge is 0.356 e. The van der Waals surface area contributed by atoms with Crippen LogP contribution in [0.2, 0.25) is 0 Å². The van der Waals surface area contributed by atoms with Crippen LogP contribution >= 0.6 is 0 Å². The lowest BCUT2D eigenvalue weighted by Gasteiger charge is -2.32. The Morgan fingerprint density at radius 3 is 2.56 bits per heavy atom. The van der Waals surface area contributed by atoms with Crippen LogP contribution in [0.5, 0.6) is 0 Å². The van der Waals surface area contributed by atoms with Crippen molar-refractivity contribution in [1.82, 2.24) is 19.7 Å². The highest BCUT2D eigenvalue weighted by atomic mass is 15.3. The molecule has 2 aromatic heterocycles. The van der Waals surface area contributed by atoms with Gasteiger partial charge in [0.2, 0.25) is 0 Å². The van der Waals surface area contributed by atoms with Crippen molar-refractivity contribution >= 4 is 17.3 Å². The van der Waals surface area contributed by atoms with Crippen molar-refractivity contribution in [3.63, 3.8) is 0 Å². The second kappa shape index (κ2) is 6.93. The molecule has 25 heavy (non-hydrogen) atoms. The third-order valence-electron chi connectivity index (χ3n) is 4.67. The zero-order valence-corrected chi connectivity index (χ0v) is 14.3. The molecule has 3 heterocycles. The Bertz CT molecular complexity index is 821. The Hall–Kier alpha value is -2.89. The van der Waals surface area contributed by atoms with E-state index in [0.717, 1.165) is 43.3 Å². The first-order chi connectivity index (χ1) is 12.3. The summed E-state index contributed by atoms with van der Waals surface area (Å²) >= 11 is 0. The molecule has 0 aliphatic carbocycles. The van der Waals surface area contributed by atoms with Gasteiger partial charge >= 0.3 is 0 Å². The van der Waals surface area contributed by atoms with E-state index in [1.165, 1.54) is 5.69 Å². The van der Waals surface area contributed by atoms with Gasteiger partial charge in [0.05, 0.1) is 5.69 Å². The molecule has 4 rings (SSSR count). The summed E-state index contributed by atoms with van der Waals surface area (Å²) in [6.07, 6.45) is 5.85. The van der Waals surface area contributed by atoms with Crippen molar-refractivity contribution in [1.29, 1.82) is 0 Å². The molecule has 0 atom stereocenters. The van der Waals surface area contributed by atoms with Crippen LogP contribution in [-0.2, 0) is 7.05 Å². The van der Waals surface area contributed by atoms with Gasteiger partial charge in [-0.25, -0.2) is 9.97 Å². The summed E-state index contributed by atoms with van der Waals surface area (Å²) in [4.78, 5) is 11.1. The summed E-state index contributed by atoms with van der Waals surface area (Å²) in [5.41, 5.74) is 2.23. The van der Waals surface area contributed by atoms with Gasteiger partial charge in [-0.2, -0.15) is 5.10 Å². The summed E-state index contributed by atoms with van der Waals surface area (Å²) in [5, 5.41) is 7.89. The Kier molecular flexibility index (Phi) is 4.33. The van der Waals surface area contributed by atoms with Crippen molar-refractivity contribution < 1.29 is 0 Å². The maximum atomic E-state index is 4.56. The van der Waals surface area contributed by atoms with Gasteiger partial charge in [-0.05, 0) is 31.0 Å². The molecule has 128 valence electrons. The first-order valence-corrected chi connectivity index (χ1v) is 8.66. The second-order valence-corrected chi connectivity index (χ2v) is 6.43. The van der Waals surface area contributed by atoms with E-state index in [1.807, 2.05) is 54.3 Å². The number of anilines is 3. The van der Waals surface area contributed by atoms with Crippen molar-refractivity contribution in [3.05, 3.63) is 60.7 Å². The molecule has 1 saturated heterocycles. The quantitative estimate of drug-likeness (QED) is 0.793. The average molecular weight is 334 g/mol. The summed E-state index contributed by atoms with van der Waals surface area (Å²) < 4.78 is 1.88. The van der Waals surface area contributed by atoms with Gasteiger partial charge in [-0.3, -0.25) is 4.68 Å². The minimum absolute atomic E-state index is 0.543. The predicted molar refractivity (Wildman–Crippen MR) is 99.2 cm³/mol. The lowest BCUT2D eigenvalue weighted by molar-refractivity contribution is 0.488. The molecule has 0 bridgehead atoms.